The summed E-state index contributed by atoms with van der Waals surface area (Å²) in [6.07, 6.45) is 3.71. The Morgan fingerprint density at radius 2 is 1.68 bits per heavy atom. The van der Waals surface area contributed by atoms with E-state index in [1.807, 2.05) is 18.2 Å². The number of carbonyl (C=O) groups is 1. The highest BCUT2D eigenvalue weighted by Crippen LogP contribution is 2.31. The Morgan fingerprint density at radius 3 is 2.45 bits per heavy atom. The molecule has 2 aliphatic heterocycles. The average Bonchev–Trinajstić information content (AvgIpc) is 3.05. The van der Waals surface area contributed by atoms with E-state index in [0.29, 0.717) is 44.2 Å². The molecular weight excluding hydrogens is 423 g/mol. The summed E-state index contributed by atoms with van der Waals surface area (Å²) in [5.74, 6) is 0.661. The van der Waals surface area contributed by atoms with Gasteiger partial charge in [0.15, 0.2) is 11.5 Å². The molecule has 0 spiro atoms. The minimum Gasteiger partial charge on any atom is -0.486 e. The molecule has 0 atom stereocenters. The Bertz CT molecular complexity index is 1090. The molecule has 2 aliphatic rings. The van der Waals surface area contributed by atoms with E-state index in [-0.39, 0.29) is 23.9 Å². The number of sulfonamides is 1. The fourth-order valence-electron chi connectivity index (χ4n) is 3.55. The lowest BCUT2D eigenvalue weighted by Gasteiger charge is -2.21. The van der Waals surface area contributed by atoms with Gasteiger partial charge in [-0.05, 0) is 54.5 Å². The maximum atomic E-state index is 13.1. The lowest BCUT2D eigenvalue weighted by atomic mass is 10.1. The molecule has 2 aromatic rings. The molecular formula is C22H23FN2O5S. The van der Waals surface area contributed by atoms with Crippen molar-refractivity contribution in [2.45, 2.75) is 11.3 Å². The van der Waals surface area contributed by atoms with E-state index in [9.17, 15) is 17.6 Å². The highest BCUT2D eigenvalue weighted by Gasteiger charge is 2.27. The first-order valence-corrected chi connectivity index (χ1v) is 11.5. The van der Waals surface area contributed by atoms with Gasteiger partial charge in [0.1, 0.15) is 19.0 Å². The molecule has 9 heteroatoms. The van der Waals surface area contributed by atoms with Gasteiger partial charge in [-0.25, -0.2) is 12.8 Å². The number of hydrogen-bond acceptors (Lipinski definition) is 5. The van der Waals surface area contributed by atoms with Gasteiger partial charge in [0.25, 0.3) is 0 Å². The maximum Gasteiger partial charge on any atom is 0.246 e. The molecule has 0 aliphatic carbocycles. The van der Waals surface area contributed by atoms with Crippen LogP contribution in [0.25, 0.3) is 6.08 Å². The van der Waals surface area contributed by atoms with Gasteiger partial charge in [-0.15, -0.1) is 0 Å². The van der Waals surface area contributed by atoms with Crippen LogP contribution in [-0.4, -0.2) is 62.9 Å². The Kier molecular flexibility index (Phi) is 6.24. The summed E-state index contributed by atoms with van der Waals surface area (Å²) in [6.45, 7) is 2.23. The number of benzene rings is 2. The van der Waals surface area contributed by atoms with Crippen molar-refractivity contribution in [1.82, 2.24) is 9.21 Å². The van der Waals surface area contributed by atoms with E-state index in [2.05, 4.69) is 0 Å². The van der Waals surface area contributed by atoms with Crippen molar-refractivity contribution in [3.8, 4) is 11.5 Å². The van der Waals surface area contributed by atoms with Gasteiger partial charge >= 0.3 is 0 Å². The molecule has 0 unspecified atom stereocenters. The van der Waals surface area contributed by atoms with Gasteiger partial charge in [0.2, 0.25) is 15.9 Å². The summed E-state index contributed by atoms with van der Waals surface area (Å²) in [6, 6.07) is 10.2. The van der Waals surface area contributed by atoms with Crippen molar-refractivity contribution in [3.05, 3.63) is 59.9 Å². The quantitative estimate of drug-likeness (QED) is 0.675. The Labute approximate surface area is 180 Å². The summed E-state index contributed by atoms with van der Waals surface area (Å²) in [4.78, 5) is 14.3. The molecule has 4 rings (SSSR count). The summed E-state index contributed by atoms with van der Waals surface area (Å²) >= 11 is 0. The maximum absolute atomic E-state index is 13.1. The predicted octanol–water partition coefficient (Wildman–Crippen LogP) is 2.53. The molecule has 0 radical (unpaired) electrons. The highest BCUT2D eigenvalue weighted by atomic mass is 32.2. The zero-order chi connectivity index (χ0) is 21.8. The largest absolute Gasteiger partial charge is 0.486 e. The van der Waals surface area contributed by atoms with Crippen molar-refractivity contribution in [2.24, 2.45) is 0 Å². The van der Waals surface area contributed by atoms with Gasteiger partial charge in [0.05, 0.1) is 4.90 Å². The second kappa shape index (κ2) is 9.07. The Balaban J connectivity index is 1.39. The topological polar surface area (TPSA) is 76.2 Å². The first-order valence-electron chi connectivity index (χ1n) is 10.1. The first kappa shape index (κ1) is 21.3. The third kappa shape index (κ3) is 4.88. The number of halogens is 1. The lowest BCUT2D eigenvalue weighted by Crippen LogP contribution is -2.36. The van der Waals surface area contributed by atoms with Gasteiger partial charge in [0, 0.05) is 32.3 Å². The third-order valence-electron chi connectivity index (χ3n) is 5.20. The second-order valence-electron chi connectivity index (χ2n) is 7.27. The molecule has 1 fully saturated rings. The summed E-state index contributed by atoms with van der Waals surface area (Å²) in [5, 5.41) is 0. The van der Waals surface area contributed by atoms with Crippen LogP contribution in [0.3, 0.4) is 0 Å². The third-order valence-corrected chi connectivity index (χ3v) is 7.12. The van der Waals surface area contributed by atoms with Crippen molar-refractivity contribution >= 4 is 22.0 Å². The first-order chi connectivity index (χ1) is 14.9. The fraction of sp³-hybridized carbons (Fsp3) is 0.318. The van der Waals surface area contributed by atoms with Crippen molar-refractivity contribution in [1.29, 1.82) is 0 Å². The van der Waals surface area contributed by atoms with E-state index in [1.54, 1.807) is 11.0 Å². The summed E-state index contributed by atoms with van der Waals surface area (Å²) in [5.41, 5.74) is 0.813. The number of fused-ring (bicyclic) bond motifs is 1. The molecule has 2 aromatic carbocycles. The lowest BCUT2D eigenvalue weighted by molar-refractivity contribution is -0.125. The predicted molar refractivity (Wildman–Crippen MR) is 113 cm³/mol. The van der Waals surface area contributed by atoms with Crippen LogP contribution in [0.15, 0.2) is 53.4 Å². The number of carbonyl (C=O) groups excluding carboxylic acids is 1. The minimum atomic E-state index is -3.73. The Hall–Kier alpha value is -2.91. The van der Waals surface area contributed by atoms with Gasteiger partial charge in [-0.1, -0.05) is 6.07 Å². The SMILES string of the molecule is O=C(C=Cc1ccc2c(c1)OCCO2)N1CCCN(S(=O)(=O)c2ccc(F)cc2)CC1. The fourth-order valence-corrected chi connectivity index (χ4v) is 5.02. The van der Waals surface area contributed by atoms with Gasteiger partial charge in [-0.2, -0.15) is 4.31 Å². The Morgan fingerprint density at radius 1 is 0.935 bits per heavy atom. The highest BCUT2D eigenvalue weighted by molar-refractivity contribution is 7.89. The summed E-state index contributed by atoms with van der Waals surface area (Å²) < 4.78 is 51.2. The van der Waals surface area contributed by atoms with E-state index in [0.717, 1.165) is 17.7 Å². The molecule has 2 heterocycles. The second-order valence-corrected chi connectivity index (χ2v) is 9.21. The van der Waals surface area contributed by atoms with E-state index < -0.39 is 15.8 Å². The van der Waals surface area contributed by atoms with E-state index in [1.165, 1.54) is 22.5 Å². The number of nitrogens with zero attached hydrogens (tertiary/aromatic N) is 2. The molecule has 0 N–H and O–H groups in total. The van der Waals surface area contributed by atoms with Crippen LogP contribution in [0.2, 0.25) is 0 Å². The molecule has 31 heavy (non-hydrogen) atoms. The number of amides is 1. The van der Waals surface area contributed by atoms with E-state index >= 15 is 0 Å². The normalized spacial score (nSPS) is 17.5. The molecule has 7 nitrogen and oxygen atoms in total. The van der Waals surface area contributed by atoms with Crippen LogP contribution in [0, 0.1) is 5.82 Å². The number of hydrogen-bond donors (Lipinski definition) is 0. The molecule has 1 amide bonds. The van der Waals surface area contributed by atoms with Crippen molar-refractivity contribution < 1.29 is 27.1 Å². The van der Waals surface area contributed by atoms with Crippen LogP contribution in [0.4, 0.5) is 4.39 Å². The zero-order valence-corrected chi connectivity index (χ0v) is 17.7. The monoisotopic (exact) mass is 446 g/mol. The van der Waals surface area contributed by atoms with Crippen LogP contribution in [0.1, 0.15) is 12.0 Å². The molecule has 0 saturated carbocycles. The number of ether oxygens (including phenoxy) is 2. The zero-order valence-electron chi connectivity index (χ0n) is 16.9. The molecule has 0 bridgehead atoms. The molecule has 164 valence electrons. The van der Waals surface area contributed by atoms with Crippen molar-refractivity contribution in [2.75, 3.05) is 39.4 Å². The molecule has 0 aromatic heterocycles. The number of rotatable bonds is 4. The van der Waals surface area contributed by atoms with Crippen LogP contribution in [0.5, 0.6) is 11.5 Å². The summed E-state index contributed by atoms with van der Waals surface area (Å²) in [7, 11) is -3.73. The van der Waals surface area contributed by atoms with Gasteiger partial charge < -0.3 is 14.4 Å². The van der Waals surface area contributed by atoms with Crippen LogP contribution in [-0.2, 0) is 14.8 Å². The molecule has 1 saturated heterocycles. The van der Waals surface area contributed by atoms with Crippen LogP contribution < -0.4 is 9.47 Å². The smallest absolute Gasteiger partial charge is 0.246 e. The van der Waals surface area contributed by atoms with Crippen LogP contribution >= 0.6 is 0 Å². The minimum absolute atomic E-state index is 0.0483. The van der Waals surface area contributed by atoms with Gasteiger partial charge in [-0.3, -0.25) is 4.79 Å². The van der Waals surface area contributed by atoms with Crippen molar-refractivity contribution in [3.63, 3.8) is 0 Å². The van der Waals surface area contributed by atoms with E-state index in [4.69, 9.17) is 9.47 Å². The standard InChI is InChI=1S/C22H23FN2O5S/c23-18-4-6-19(7-5-18)31(27,28)25-11-1-10-24(12-13-25)22(26)9-3-17-2-8-20-21(16-17)30-15-14-29-20/h2-9,16H,1,10-15H2. The average molecular weight is 447 g/mol.